The van der Waals surface area contributed by atoms with Crippen LogP contribution in [0.4, 0.5) is 0 Å². The van der Waals surface area contributed by atoms with Gasteiger partial charge in [-0.25, -0.2) is 4.79 Å². The van der Waals surface area contributed by atoms with E-state index in [1.807, 2.05) is 37.3 Å². The molecule has 0 aliphatic carbocycles. The summed E-state index contributed by atoms with van der Waals surface area (Å²) in [6.07, 6.45) is 1.73. The number of rotatable bonds is 6. The fraction of sp³-hybridized carbons (Fsp3) is 0.304. The molecule has 8 nitrogen and oxygen atoms in total. The largest absolute Gasteiger partial charge is 0.376 e. The monoisotopic (exact) mass is 420 g/mol. The third-order valence-electron chi connectivity index (χ3n) is 5.25. The minimum atomic E-state index is -0.720. The van der Waals surface area contributed by atoms with E-state index in [4.69, 9.17) is 4.74 Å². The number of carbonyl (C=O) groups is 1. The molecule has 0 spiro atoms. The molecule has 0 bridgehead atoms. The van der Waals surface area contributed by atoms with Crippen molar-refractivity contribution in [3.63, 3.8) is 0 Å². The average molecular weight is 420 g/mol. The molecule has 1 fully saturated rings. The smallest absolute Gasteiger partial charge is 0.352 e. The van der Waals surface area contributed by atoms with Crippen LogP contribution in [0.25, 0.3) is 5.69 Å². The van der Waals surface area contributed by atoms with Crippen molar-refractivity contribution in [2.24, 2.45) is 0 Å². The molecule has 1 aliphatic rings. The van der Waals surface area contributed by atoms with Gasteiger partial charge in [0.15, 0.2) is 0 Å². The second kappa shape index (κ2) is 9.09. The summed E-state index contributed by atoms with van der Waals surface area (Å²) >= 11 is 0. The molecule has 0 radical (unpaired) electrons. The minimum Gasteiger partial charge on any atom is -0.376 e. The second-order valence-corrected chi connectivity index (χ2v) is 7.60. The van der Waals surface area contributed by atoms with E-state index in [0.29, 0.717) is 18.8 Å². The van der Waals surface area contributed by atoms with E-state index in [1.54, 1.807) is 24.3 Å². The normalized spacial score (nSPS) is 15.7. The fourth-order valence-corrected chi connectivity index (χ4v) is 3.51. The summed E-state index contributed by atoms with van der Waals surface area (Å²) in [5.41, 5.74) is 0.671. The molecule has 2 heterocycles. The van der Waals surface area contributed by atoms with Crippen LogP contribution in [0.5, 0.6) is 0 Å². The van der Waals surface area contributed by atoms with E-state index in [2.05, 4.69) is 10.4 Å². The summed E-state index contributed by atoms with van der Waals surface area (Å²) in [5.74, 6) is -0.622. The highest BCUT2D eigenvalue weighted by Crippen LogP contribution is 2.10. The van der Waals surface area contributed by atoms with E-state index >= 15 is 0 Å². The van der Waals surface area contributed by atoms with E-state index in [0.717, 1.165) is 33.2 Å². The Labute approximate surface area is 179 Å². The van der Waals surface area contributed by atoms with Gasteiger partial charge in [0.05, 0.1) is 18.3 Å². The zero-order valence-electron chi connectivity index (χ0n) is 17.3. The number of amides is 1. The lowest BCUT2D eigenvalue weighted by atomic mass is 10.1. The number of nitrogens with one attached hydrogen (secondary N) is 1. The zero-order chi connectivity index (χ0) is 21.8. The van der Waals surface area contributed by atoms with Crippen molar-refractivity contribution in [2.45, 2.75) is 32.4 Å². The molecule has 0 saturated carbocycles. The molecule has 1 amide bonds. The lowest BCUT2D eigenvalue weighted by molar-refractivity contribution is 0.0849. The first-order chi connectivity index (χ1) is 15.0. The van der Waals surface area contributed by atoms with Gasteiger partial charge in [-0.1, -0.05) is 48.0 Å². The molecule has 1 N–H and O–H groups in total. The molecule has 1 atom stereocenters. The fourth-order valence-electron chi connectivity index (χ4n) is 3.51. The highest BCUT2D eigenvalue weighted by molar-refractivity contribution is 5.91. The maximum absolute atomic E-state index is 13.1. The van der Waals surface area contributed by atoms with Crippen LogP contribution in [-0.4, -0.2) is 39.5 Å². The molecule has 31 heavy (non-hydrogen) atoms. The van der Waals surface area contributed by atoms with Crippen LogP contribution in [0.15, 0.2) is 64.2 Å². The van der Waals surface area contributed by atoms with Crippen LogP contribution in [0.3, 0.4) is 0 Å². The number of aromatic nitrogens is 3. The van der Waals surface area contributed by atoms with Gasteiger partial charge in [0.1, 0.15) is 0 Å². The number of hydrogen-bond acceptors (Lipinski definition) is 5. The van der Waals surface area contributed by atoms with Gasteiger partial charge in [-0.05, 0) is 37.5 Å². The first-order valence-corrected chi connectivity index (χ1v) is 10.3. The van der Waals surface area contributed by atoms with E-state index < -0.39 is 17.2 Å². The number of ether oxygens (including phenoxy) is 1. The Morgan fingerprint density at radius 1 is 1.13 bits per heavy atom. The Bertz CT molecular complexity index is 1180. The summed E-state index contributed by atoms with van der Waals surface area (Å²) in [5, 5.41) is 6.84. The van der Waals surface area contributed by atoms with E-state index in [-0.39, 0.29) is 18.3 Å². The minimum absolute atomic E-state index is 0.0410. The predicted octanol–water partition coefficient (Wildman–Crippen LogP) is 1.66. The summed E-state index contributed by atoms with van der Waals surface area (Å²) < 4.78 is 7.66. The number of nitrogens with zero attached hydrogens (tertiary/aromatic N) is 3. The lowest BCUT2D eigenvalue weighted by Crippen LogP contribution is -2.46. The molecular weight excluding hydrogens is 396 g/mol. The van der Waals surface area contributed by atoms with Crippen LogP contribution in [0, 0.1) is 6.92 Å². The highest BCUT2D eigenvalue weighted by Gasteiger charge is 2.22. The molecule has 4 rings (SSSR count). The number of para-hydroxylation sites is 1. The maximum atomic E-state index is 13.1. The standard InChI is InChI=1S/C23H24N4O4/c1-16-9-11-17(12-10-16)15-26-22(29)20(21(28)24-14-19-8-5-13-31-19)25-27(23(26)30)18-6-3-2-4-7-18/h2-4,6-7,9-12,19H,5,8,13-15H2,1H3,(H,24,28)/t19-/m0/s1. The quantitative estimate of drug-likeness (QED) is 0.654. The molecule has 1 aliphatic heterocycles. The summed E-state index contributed by atoms with van der Waals surface area (Å²) in [7, 11) is 0. The zero-order valence-corrected chi connectivity index (χ0v) is 17.3. The third-order valence-corrected chi connectivity index (χ3v) is 5.25. The van der Waals surface area contributed by atoms with Crippen LogP contribution >= 0.6 is 0 Å². The number of carbonyl (C=O) groups excluding carboxylic acids is 1. The molecular formula is C23H24N4O4. The predicted molar refractivity (Wildman–Crippen MR) is 116 cm³/mol. The van der Waals surface area contributed by atoms with Gasteiger partial charge >= 0.3 is 5.69 Å². The lowest BCUT2D eigenvalue weighted by Gasteiger charge is -2.14. The topological polar surface area (TPSA) is 95.2 Å². The van der Waals surface area contributed by atoms with Crippen molar-refractivity contribution in [1.82, 2.24) is 19.7 Å². The van der Waals surface area contributed by atoms with E-state index in [1.165, 1.54) is 0 Å². The van der Waals surface area contributed by atoms with Crippen molar-refractivity contribution in [2.75, 3.05) is 13.2 Å². The van der Waals surface area contributed by atoms with Crippen LogP contribution in [0.2, 0.25) is 0 Å². The van der Waals surface area contributed by atoms with Crippen LogP contribution < -0.4 is 16.6 Å². The second-order valence-electron chi connectivity index (χ2n) is 7.60. The summed E-state index contributed by atoms with van der Waals surface area (Å²) in [6, 6.07) is 16.3. The van der Waals surface area contributed by atoms with Crippen molar-refractivity contribution in [3.05, 3.63) is 92.3 Å². The van der Waals surface area contributed by atoms with Crippen molar-refractivity contribution in [1.29, 1.82) is 0 Å². The average Bonchev–Trinajstić information content (AvgIpc) is 3.31. The van der Waals surface area contributed by atoms with Crippen LogP contribution in [0.1, 0.15) is 34.5 Å². The Kier molecular flexibility index (Phi) is 6.08. The van der Waals surface area contributed by atoms with Gasteiger partial charge in [-0.3, -0.25) is 14.2 Å². The van der Waals surface area contributed by atoms with Gasteiger partial charge < -0.3 is 10.1 Å². The first kappa shape index (κ1) is 20.7. The van der Waals surface area contributed by atoms with Gasteiger partial charge in [0, 0.05) is 13.2 Å². The van der Waals surface area contributed by atoms with Gasteiger partial charge in [0.2, 0.25) is 5.69 Å². The van der Waals surface area contributed by atoms with Crippen molar-refractivity contribution in [3.8, 4) is 5.69 Å². The van der Waals surface area contributed by atoms with Gasteiger partial charge in [-0.2, -0.15) is 9.78 Å². The molecule has 160 valence electrons. The Balaban J connectivity index is 1.74. The number of aryl methyl sites for hydroxylation is 1. The Morgan fingerprint density at radius 2 is 1.87 bits per heavy atom. The van der Waals surface area contributed by atoms with Crippen LogP contribution in [-0.2, 0) is 11.3 Å². The molecule has 2 aromatic carbocycles. The van der Waals surface area contributed by atoms with Crippen molar-refractivity contribution >= 4 is 5.91 Å². The molecule has 1 saturated heterocycles. The summed E-state index contributed by atoms with van der Waals surface area (Å²) in [4.78, 5) is 39.0. The number of hydrogen-bond donors (Lipinski definition) is 1. The molecule has 3 aromatic rings. The van der Waals surface area contributed by atoms with E-state index in [9.17, 15) is 14.4 Å². The third kappa shape index (κ3) is 4.64. The SMILES string of the molecule is Cc1ccc(Cn2c(=O)c(C(=O)NC[C@@H]3CCCO3)nn(-c3ccccc3)c2=O)cc1. The molecule has 8 heteroatoms. The highest BCUT2D eigenvalue weighted by atomic mass is 16.5. The molecule has 0 unspecified atom stereocenters. The Morgan fingerprint density at radius 3 is 2.55 bits per heavy atom. The summed E-state index contributed by atoms with van der Waals surface area (Å²) in [6.45, 7) is 2.96. The van der Waals surface area contributed by atoms with Crippen molar-refractivity contribution < 1.29 is 9.53 Å². The maximum Gasteiger partial charge on any atom is 0.352 e. The Hall–Kier alpha value is -3.52. The van der Waals surface area contributed by atoms with Gasteiger partial charge in [-0.15, -0.1) is 0 Å². The molecule has 1 aromatic heterocycles. The first-order valence-electron chi connectivity index (χ1n) is 10.3. The van der Waals surface area contributed by atoms with Gasteiger partial charge in [0.25, 0.3) is 11.5 Å². The number of benzene rings is 2.